The van der Waals surface area contributed by atoms with E-state index in [9.17, 15) is 4.79 Å². The Morgan fingerprint density at radius 1 is 1.67 bits per heavy atom. The molecule has 9 heavy (non-hydrogen) atoms. The van der Waals surface area contributed by atoms with Gasteiger partial charge in [0.05, 0.1) is 0 Å². The number of carbonyl (C=O) groups excluding carboxylic acids is 1. The van der Waals surface area contributed by atoms with Gasteiger partial charge in [0.1, 0.15) is 6.29 Å². The van der Waals surface area contributed by atoms with Gasteiger partial charge in [0.2, 0.25) is 0 Å². The maximum atomic E-state index is 9.85. The van der Waals surface area contributed by atoms with E-state index < -0.39 is 0 Å². The molecule has 0 saturated carbocycles. The molecular weight excluding hydrogens is 138 g/mol. The summed E-state index contributed by atoms with van der Waals surface area (Å²) in [6.07, 6.45) is 3.18. The van der Waals surface area contributed by atoms with Crippen LogP contribution in [0.5, 0.6) is 0 Å². The van der Waals surface area contributed by atoms with E-state index in [2.05, 4.69) is 4.98 Å². The first-order valence-corrected chi connectivity index (χ1v) is 2.49. The number of nitrogens with one attached hydrogen (secondary N) is 1. The number of halogens is 1. The van der Waals surface area contributed by atoms with Crippen LogP contribution in [0.4, 0.5) is 0 Å². The number of carbonyl (C=O) groups is 1. The standard InChI is InChI=1S/C6H7NO.ClH/c8-5-3-6-2-1-4-7-6;/h1-2,4-5,7H,3H2;1H. The molecule has 0 aliphatic rings. The fourth-order valence-electron chi connectivity index (χ4n) is 0.584. The number of aromatic amines is 1. The number of rotatable bonds is 2. The highest BCUT2D eigenvalue weighted by atomic mass is 35.5. The third kappa shape index (κ3) is 2.33. The number of hydrogen-bond donors (Lipinski definition) is 1. The number of hydrogen-bond acceptors (Lipinski definition) is 1. The fourth-order valence-corrected chi connectivity index (χ4v) is 0.584. The molecule has 0 aromatic carbocycles. The molecule has 0 radical (unpaired) electrons. The molecule has 2 nitrogen and oxygen atoms in total. The van der Waals surface area contributed by atoms with Crippen molar-refractivity contribution >= 4 is 18.7 Å². The molecule has 0 amide bonds. The van der Waals surface area contributed by atoms with Crippen LogP contribution in [0, 0.1) is 0 Å². The molecule has 1 rings (SSSR count). The quantitative estimate of drug-likeness (QED) is 0.623. The van der Waals surface area contributed by atoms with Crippen LogP contribution in [0.25, 0.3) is 0 Å². The monoisotopic (exact) mass is 145 g/mol. The van der Waals surface area contributed by atoms with Gasteiger partial charge < -0.3 is 9.78 Å². The Morgan fingerprint density at radius 2 is 2.44 bits per heavy atom. The molecule has 0 aliphatic heterocycles. The normalized spacial score (nSPS) is 8.00. The second-order valence-corrected chi connectivity index (χ2v) is 1.57. The SMILES string of the molecule is Cl.O=CCc1ccc[nH]1. The van der Waals surface area contributed by atoms with Crippen LogP contribution in [-0.4, -0.2) is 11.3 Å². The highest BCUT2D eigenvalue weighted by Crippen LogP contribution is 1.91. The zero-order valence-electron chi connectivity index (χ0n) is 4.83. The van der Waals surface area contributed by atoms with E-state index in [0.29, 0.717) is 6.42 Å². The zero-order valence-corrected chi connectivity index (χ0v) is 5.65. The second-order valence-electron chi connectivity index (χ2n) is 1.57. The average Bonchev–Trinajstić information content (AvgIpc) is 2.19. The molecule has 1 aromatic rings. The number of aldehydes is 1. The molecule has 0 aliphatic carbocycles. The minimum absolute atomic E-state index is 0. The topological polar surface area (TPSA) is 32.9 Å². The van der Waals surface area contributed by atoms with Crippen molar-refractivity contribution in [2.24, 2.45) is 0 Å². The molecule has 1 aromatic heterocycles. The van der Waals surface area contributed by atoms with Crippen molar-refractivity contribution in [3.05, 3.63) is 24.0 Å². The lowest BCUT2D eigenvalue weighted by Crippen LogP contribution is -1.82. The van der Waals surface area contributed by atoms with Crippen LogP contribution in [-0.2, 0) is 11.2 Å². The maximum absolute atomic E-state index is 9.85. The van der Waals surface area contributed by atoms with Crippen LogP contribution >= 0.6 is 12.4 Å². The summed E-state index contributed by atoms with van der Waals surface area (Å²) in [6.45, 7) is 0. The molecular formula is C6H8ClNO. The van der Waals surface area contributed by atoms with Crippen molar-refractivity contribution in [2.45, 2.75) is 6.42 Å². The maximum Gasteiger partial charge on any atom is 0.125 e. The lowest BCUT2D eigenvalue weighted by Gasteiger charge is -1.80. The van der Waals surface area contributed by atoms with E-state index in [1.54, 1.807) is 6.20 Å². The first kappa shape index (κ1) is 8.24. The van der Waals surface area contributed by atoms with Gasteiger partial charge in [0.25, 0.3) is 0 Å². The fraction of sp³-hybridized carbons (Fsp3) is 0.167. The first-order valence-electron chi connectivity index (χ1n) is 2.49. The predicted molar refractivity (Wildman–Crippen MR) is 37.8 cm³/mol. The summed E-state index contributed by atoms with van der Waals surface area (Å²) < 4.78 is 0. The summed E-state index contributed by atoms with van der Waals surface area (Å²) in [4.78, 5) is 12.8. The van der Waals surface area contributed by atoms with E-state index >= 15 is 0 Å². The molecule has 1 N–H and O–H groups in total. The first-order chi connectivity index (χ1) is 3.93. The van der Waals surface area contributed by atoms with Gasteiger partial charge >= 0.3 is 0 Å². The van der Waals surface area contributed by atoms with Crippen LogP contribution in [0.2, 0.25) is 0 Å². The van der Waals surface area contributed by atoms with Crippen molar-refractivity contribution in [3.8, 4) is 0 Å². The lowest BCUT2D eigenvalue weighted by molar-refractivity contribution is -0.107. The van der Waals surface area contributed by atoms with E-state index in [0.717, 1.165) is 12.0 Å². The van der Waals surface area contributed by atoms with E-state index in [1.807, 2.05) is 12.1 Å². The molecule has 0 saturated heterocycles. The van der Waals surface area contributed by atoms with Gasteiger partial charge in [-0.25, -0.2) is 0 Å². The van der Waals surface area contributed by atoms with Crippen LogP contribution < -0.4 is 0 Å². The van der Waals surface area contributed by atoms with E-state index in [1.165, 1.54) is 0 Å². The molecule has 0 atom stereocenters. The highest BCUT2D eigenvalue weighted by Gasteiger charge is 1.85. The summed E-state index contributed by atoms with van der Waals surface area (Å²) in [6, 6.07) is 3.76. The second kappa shape index (κ2) is 4.15. The van der Waals surface area contributed by atoms with Gasteiger partial charge in [-0.2, -0.15) is 0 Å². The van der Waals surface area contributed by atoms with Gasteiger partial charge in [-0.15, -0.1) is 12.4 Å². The summed E-state index contributed by atoms with van der Waals surface area (Å²) in [5.74, 6) is 0. The molecule has 0 spiro atoms. The van der Waals surface area contributed by atoms with Gasteiger partial charge in [0, 0.05) is 18.3 Å². The Morgan fingerprint density at radius 3 is 2.89 bits per heavy atom. The Hall–Kier alpha value is -0.760. The molecule has 0 fully saturated rings. The van der Waals surface area contributed by atoms with Crippen molar-refractivity contribution < 1.29 is 4.79 Å². The minimum atomic E-state index is 0. The van der Waals surface area contributed by atoms with Gasteiger partial charge in [-0.3, -0.25) is 0 Å². The largest absolute Gasteiger partial charge is 0.365 e. The lowest BCUT2D eigenvalue weighted by atomic mass is 10.3. The summed E-state index contributed by atoms with van der Waals surface area (Å²) in [5, 5.41) is 0. The van der Waals surface area contributed by atoms with E-state index in [4.69, 9.17) is 0 Å². The highest BCUT2D eigenvalue weighted by molar-refractivity contribution is 5.85. The Bertz CT molecular complexity index is 160. The zero-order chi connectivity index (χ0) is 5.82. The van der Waals surface area contributed by atoms with Crippen molar-refractivity contribution in [1.29, 1.82) is 0 Å². The minimum Gasteiger partial charge on any atom is -0.365 e. The third-order valence-corrected chi connectivity index (χ3v) is 0.966. The summed E-state index contributed by atoms with van der Waals surface area (Å²) >= 11 is 0. The third-order valence-electron chi connectivity index (χ3n) is 0.966. The Labute approximate surface area is 59.7 Å². The van der Waals surface area contributed by atoms with Crippen LogP contribution in [0.1, 0.15) is 5.69 Å². The summed E-state index contributed by atoms with van der Waals surface area (Å²) in [7, 11) is 0. The average molecular weight is 146 g/mol. The molecule has 3 heteroatoms. The number of aromatic nitrogens is 1. The van der Waals surface area contributed by atoms with Gasteiger partial charge in [-0.05, 0) is 12.1 Å². The molecule has 0 unspecified atom stereocenters. The summed E-state index contributed by atoms with van der Waals surface area (Å²) in [5.41, 5.74) is 0.972. The Kier molecular flexibility index (Phi) is 3.80. The van der Waals surface area contributed by atoms with E-state index in [-0.39, 0.29) is 12.4 Å². The number of H-pyrrole nitrogens is 1. The van der Waals surface area contributed by atoms with Crippen molar-refractivity contribution in [3.63, 3.8) is 0 Å². The van der Waals surface area contributed by atoms with Crippen molar-refractivity contribution in [1.82, 2.24) is 4.98 Å². The Balaban J connectivity index is 0.000000640. The smallest absolute Gasteiger partial charge is 0.125 e. The van der Waals surface area contributed by atoms with Gasteiger partial charge in [0.15, 0.2) is 0 Å². The van der Waals surface area contributed by atoms with Crippen LogP contribution in [0.3, 0.4) is 0 Å². The van der Waals surface area contributed by atoms with Crippen molar-refractivity contribution in [2.75, 3.05) is 0 Å². The predicted octanol–water partition coefficient (Wildman–Crippen LogP) is 1.18. The molecule has 1 heterocycles. The van der Waals surface area contributed by atoms with Gasteiger partial charge in [-0.1, -0.05) is 0 Å². The molecule has 50 valence electrons. The molecule has 0 bridgehead atoms. The van der Waals surface area contributed by atoms with Crippen LogP contribution in [0.15, 0.2) is 18.3 Å².